The smallest absolute Gasteiger partial charge is 0.242 e. The fourth-order valence-electron chi connectivity index (χ4n) is 1.27. The zero-order valence-corrected chi connectivity index (χ0v) is 9.80. The van der Waals surface area contributed by atoms with E-state index in [-0.39, 0.29) is 10.7 Å². The number of amides is 1. The van der Waals surface area contributed by atoms with E-state index in [1.807, 2.05) is 13.8 Å². The van der Waals surface area contributed by atoms with Crippen LogP contribution in [0.25, 0.3) is 0 Å². The van der Waals surface area contributed by atoms with Gasteiger partial charge in [0.25, 0.3) is 0 Å². The van der Waals surface area contributed by atoms with E-state index in [0.717, 1.165) is 4.32 Å². The van der Waals surface area contributed by atoms with Crippen LogP contribution in [0.15, 0.2) is 0 Å². The van der Waals surface area contributed by atoms with Gasteiger partial charge in [-0.25, -0.2) is 0 Å². The fraction of sp³-hybridized carbons (Fsp3) is 0.750. The van der Waals surface area contributed by atoms with Gasteiger partial charge in [-0.2, -0.15) is 10.0 Å². The number of hydrogen-bond acceptors (Lipinski definition) is 2. The largest absolute Gasteiger partial charge is 0.301 e. The third-order valence-corrected chi connectivity index (χ3v) is 8.20. The van der Waals surface area contributed by atoms with Crippen molar-refractivity contribution in [1.29, 1.82) is 0 Å². The van der Waals surface area contributed by atoms with E-state index in [1.54, 1.807) is 11.9 Å². The average molecular weight is 205 g/mol. The van der Waals surface area contributed by atoms with Crippen molar-refractivity contribution < 1.29 is 4.79 Å². The van der Waals surface area contributed by atoms with Crippen molar-refractivity contribution in [2.45, 2.75) is 18.6 Å². The maximum Gasteiger partial charge on any atom is 0.242 e. The van der Waals surface area contributed by atoms with Crippen LogP contribution in [0.5, 0.6) is 0 Å². The van der Waals surface area contributed by atoms with Crippen LogP contribution in [0.1, 0.15) is 13.8 Å². The Morgan fingerprint density at radius 3 is 1.92 bits per heavy atom. The Labute approximate surface area is 80.6 Å². The summed E-state index contributed by atoms with van der Waals surface area (Å²) in [6, 6.07) is 0. The summed E-state index contributed by atoms with van der Waals surface area (Å²) in [4.78, 5) is 13.3. The van der Waals surface area contributed by atoms with E-state index in [1.165, 1.54) is 0 Å². The van der Waals surface area contributed by atoms with Crippen LogP contribution < -0.4 is 0 Å². The lowest BCUT2D eigenvalue weighted by atomic mass is 10.2. The molecule has 1 fully saturated rings. The summed E-state index contributed by atoms with van der Waals surface area (Å²) in [7, 11) is 0.678. The van der Waals surface area contributed by atoms with Gasteiger partial charge in [0, 0.05) is 7.05 Å². The molecule has 0 atom stereocenters. The lowest BCUT2D eigenvalue weighted by Crippen LogP contribution is -2.34. The van der Waals surface area contributed by atoms with Crippen LogP contribution in [0.2, 0.25) is 0 Å². The molecule has 12 heavy (non-hydrogen) atoms. The van der Waals surface area contributed by atoms with Gasteiger partial charge < -0.3 is 4.90 Å². The minimum atomic E-state index is -1.09. The zero-order valence-electron chi connectivity index (χ0n) is 8.17. The van der Waals surface area contributed by atoms with Gasteiger partial charge in [0.15, 0.2) is 0 Å². The molecule has 0 unspecified atom stereocenters. The summed E-state index contributed by atoms with van der Waals surface area (Å²) in [5.41, 5.74) is 0. The van der Waals surface area contributed by atoms with Gasteiger partial charge in [-0.05, 0) is 26.4 Å². The molecule has 0 spiro atoms. The Balaban J connectivity index is 3.24. The van der Waals surface area contributed by atoms with Gasteiger partial charge in [-0.3, -0.25) is 4.79 Å². The van der Waals surface area contributed by atoms with Gasteiger partial charge >= 0.3 is 0 Å². The van der Waals surface area contributed by atoms with Crippen LogP contribution in [0.3, 0.4) is 0 Å². The number of nitrogens with zero attached hydrogens (tertiary/aromatic N) is 1. The summed E-state index contributed by atoms with van der Waals surface area (Å²) in [5.74, 6) is 0.160. The summed E-state index contributed by atoms with van der Waals surface area (Å²) >= 11 is 5.25. The molecule has 70 valence electrons. The average Bonchev–Trinajstić information content (AvgIpc) is 2.05. The molecule has 0 aliphatic carbocycles. The molecule has 1 rings (SSSR count). The van der Waals surface area contributed by atoms with E-state index < -0.39 is 10.0 Å². The first kappa shape index (κ1) is 9.99. The summed E-state index contributed by atoms with van der Waals surface area (Å²) in [5, 5.41) is 0. The number of rotatable bonds is 0. The molecule has 0 saturated carbocycles. The van der Waals surface area contributed by atoms with Crippen molar-refractivity contribution in [2.75, 3.05) is 19.6 Å². The highest BCUT2D eigenvalue weighted by Crippen LogP contribution is 2.60. The molecule has 0 aromatic carbocycles. The fourth-order valence-corrected chi connectivity index (χ4v) is 3.75. The van der Waals surface area contributed by atoms with Gasteiger partial charge in [0.2, 0.25) is 5.91 Å². The van der Waals surface area contributed by atoms with Crippen molar-refractivity contribution in [2.24, 2.45) is 0 Å². The highest BCUT2D eigenvalue weighted by molar-refractivity contribution is 8.50. The van der Waals surface area contributed by atoms with Crippen LogP contribution in [-0.2, 0) is 4.79 Å². The first-order valence-corrected chi connectivity index (χ1v) is 6.64. The van der Waals surface area contributed by atoms with Crippen molar-refractivity contribution in [3.05, 3.63) is 0 Å². The monoisotopic (exact) mass is 205 g/mol. The molecule has 1 amide bonds. The Kier molecular flexibility index (Phi) is 2.04. The standard InChI is InChI=1S/C8H15NOS2/c1-8(2)6(10)9(3)7(11)12(8,4)5/h1-5H3. The summed E-state index contributed by atoms with van der Waals surface area (Å²) in [6.07, 6.45) is 4.22. The van der Waals surface area contributed by atoms with Gasteiger partial charge in [-0.1, -0.05) is 12.2 Å². The molecular weight excluding hydrogens is 190 g/mol. The van der Waals surface area contributed by atoms with Crippen LogP contribution >= 0.6 is 22.2 Å². The molecule has 1 heterocycles. The Morgan fingerprint density at radius 2 is 1.83 bits per heavy atom. The maximum atomic E-state index is 11.7. The van der Waals surface area contributed by atoms with Crippen molar-refractivity contribution in [1.82, 2.24) is 4.90 Å². The minimum absolute atomic E-state index is 0.160. The molecule has 0 radical (unpaired) electrons. The second-order valence-electron chi connectivity index (χ2n) is 3.97. The lowest BCUT2D eigenvalue weighted by Gasteiger charge is -2.36. The van der Waals surface area contributed by atoms with Crippen LogP contribution in [-0.4, -0.2) is 39.4 Å². The second kappa shape index (κ2) is 2.45. The Bertz CT molecular complexity index is 232. The van der Waals surface area contributed by atoms with Crippen molar-refractivity contribution in [3.8, 4) is 0 Å². The number of thiocarbonyl (C=S) groups is 1. The van der Waals surface area contributed by atoms with E-state index in [9.17, 15) is 4.79 Å². The minimum Gasteiger partial charge on any atom is -0.301 e. The molecule has 4 heteroatoms. The molecule has 0 N–H and O–H groups in total. The molecule has 1 saturated heterocycles. The highest BCUT2D eigenvalue weighted by atomic mass is 32.3. The Hall–Kier alpha value is -0.0900. The SMILES string of the molecule is CN1C(=O)C(C)(C)S(C)(C)C1=S. The molecule has 1 aliphatic rings. The predicted molar refractivity (Wildman–Crippen MR) is 58.9 cm³/mol. The molecule has 1 aliphatic heterocycles. The molecule has 2 nitrogen and oxygen atoms in total. The van der Waals surface area contributed by atoms with E-state index in [2.05, 4.69) is 12.5 Å². The van der Waals surface area contributed by atoms with E-state index in [0.29, 0.717) is 0 Å². The lowest BCUT2D eigenvalue weighted by molar-refractivity contribution is -0.127. The van der Waals surface area contributed by atoms with Crippen LogP contribution in [0.4, 0.5) is 0 Å². The van der Waals surface area contributed by atoms with E-state index >= 15 is 0 Å². The highest BCUT2D eigenvalue weighted by Gasteiger charge is 2.52. The summed E-state index contributed by atoms with van der Waals surface area (Å²) < 4.78 is 0.552. The predicted octanol–water partition coefficient (Wildman–Crippen LogP) is 1.59. The maximum absolute atomic E-state index is 11.7. The molecule has 0 bridgehead atoms. The first-order valence-electron chi connectivity index (χ1n) is 3.78. The van der Waals surface area contributed by atoms with Crippen LogP contribution in [0, 0.1) is 0 Å². The van der Waals surface area contributed by atoms with Crippen molar-refractivity contribution >= 4 is 32.5 Å². The topological polar surface area (TPSA) is 20.3 Å². The van der Waals surface area contributed by atoms with Gasteiger partial charge in [0.05, 0.1) is 4.75 Å². The number of carbonyl (C=O) groups excluding carboxylic acids is 1. The van der Waals surface area contributed by atoms with E-state index in [4.69, 9.17) is 12.2 Å². The van der Waals surface area contributed by atoms with Gasteiger partial charge in [0.1, 0.15) is 4.32 Å². The third-order valence-electron chi connectivity index (χ3n) is 2.81. The molecule has 0 aromatic heterocycles. The number of carbonyl (C=O) groups is 1. The number of hydrogen-bond donors (Lipinski definition) is 0. The Morgan fingerprint density at radius 1 is 1.42 bits per heavy atom. The summed E-state index contributed by atoms with van der Waals surface area (Å²) in [6.45, 7) is 3.97. The molecular formula is C8H15NOS2. The first-order chi connectivity index (χ1) is 5.23. The second-order valence-corrected chi connectivity index (χ2v) is 8.67. The quantitative estimate of drug-likeness (QED) is 0.560. The molecule has 0 aromatic rings. The van der Waals surface area contributed by atoms with Gasteiger partial charge in [-0.15, -0.1) is 0 Å². The zero-order chi connectivity index (χ0) is 9.73. The third kappa shape index (κ3) is 0.941. The van der Waals surface area contributed by atoms with Crippen molar-refractivity contribution in [3.63, 3.8) is 0 Å². The normalized spacial score (nSPS) is 29.2.